The monoisotopic (exact) mass is 283 g/mol. The van der Waals surface area contributed by atoms with Crippen LogP contribution in [0.25, 0.3) is 0 Å². The van der Waals surface area contributed by atoms with Crippen molar-refractivity contribution in [2.24, 2.45) is 11.7 Å². The fourth-order valence-corrected chi connectivity index (χ4v) is 2.05. The number of pyridine rings is 1. The van der Waals surface area contributed by atoms with E-state index >= 15 is 0 Å². The maximum absolute atomic E-state index is 11.7. The fraction of sp³-hybridized carbons (Fsp3) is 0.300. The number of nitrogens with zero attached hydrogens (tertiary/aromatic N) is 2. The second kappa shape index (κ2) is 4.21. The third-order valence-electron chi connectivity index (χ3n) is 2.53. The molecule has 2 N–H and O–H groups in total. The van der Waals surface area contributed by atoms with Gasteiger partial charge in [0.15, 0.2) is 0 Å². The van der Waals surface area contributed by atoms with Gasteiger partial charge in [-0.05, 0) is 22.0 Å². The average molecular weight is 284 g/mol. The Morgan fingerprint density at radius 3 is 2.88 bits per heavy atom. The predicted molar refractivity (Wildman–Crippen MR) is 61.6 cm³/mol. The van der Waals surface area contributed by atoms with Crippen molar-refractivity contribution in [2.45, 2.75) is 6.42 Å². The molecule has 1 aliphatic heterocycles. The SMILES string of the molecule is NC(=O)C1CC(=O)N(c2cncc(Br)c2)C1. The number of amides is 2. The van der Waals surface area contributed by atoms with Crippen LogP contribution in [0.2, 0.25) is 0 Å². The Hall–Kier alpha value is -1.43. The molecule has 0 aliphatic carbocycles. The van der Waals surface area contributed by atoms with Crippen LogP contribution in [0.1, 0.15) is 6.42 Å². The summed E-state index contributed by atoms with van der Waals surface area (Å²) in [7, 11) is 0. The summed E-state index contributed by atoms with van der Waals surface area (Å²) in [6.07, 6.45) is 3.41. The number of hydrogen-bond donors (Lipinski definition) is 1. The lowest BCUT2D eigenvalue weighted by atomic mass is 10.1. The van der Waals surface area contributed by atoms with Crippen LogP contribution in [0.4, 0.5) is 5.69 Å². The topological polar surface area (TPSA) is 76.3 Å². The first-order valence-electron chi connectivity index (χ1n) is 4.78. The van der Waals surface area contributed by atoms with Crippen LogP contribution in [0, 0.1) is 5.92 Å². The Balaban J connectivity index is 2.23. The molecule has 1 aliphatic rings. The van der Waals surface area contributed by atoms with Gasteiger partial charge in [-0.15, -0.1) is 0 Å². The van der Waals surface area contributed by atoms with Gasteiger partial charge in [0.05, 0.1) is 17.8 Å². The number of carbonyl (C=O) groups is 2. The van der Waals surface area contributed by atoms with Crippen molar-refractivity contribution >= 4 is 33.4 Å². The fourth-order valence-electron chi connectivity index (χ4n) is 1.70. The third-order valence-corrected chi connectivity index (χ3v) is 2.96. The molecule has 5 nitrogen and oxygen atoms in total. The highest BCUT2D eigenvalue weighted by molar-refractivity contribution is 9.10. The molecule has 0 spiro atoms. The minimum absolute atomic E-state index is 0.0938. The Kier molecular flexibility index (Phi) is 2.91. The quantitative estimate of drug-likeness (QED) is 0.867. The smallest absolute Gasteiger partial charge is 0.227 e. The third kappa shape index (κ3) is 2.06. The molecule has 1 atom stereocenters. The molecule has 2 rings (SSSR count). The lowest BCUT2D eigenvalue weighted by molar-refractivity contribution is -0.123. The summed E-state index contributed by atoms with van der Waals surface area (Å²) in [4.78, 5) is 28.2. The first-order valence-corrected chi connectivity index (χ1v) is 5.57. The van der Waals surface area contributed by atoms with Crippen LogP contribution >= 0.6 is 15.9 Å². The number of nitrogens with two attached hydrogens (primary N) is 1. The summed E-state index contributed by atoms with van der Waals surface area (Å²) in [5.41, 5.74) is 5.87. The lowest BCUT2D eigenvalue weighted by Gasteiger charge is -2.15. The Morgan fingerprint density at radius 1 is 1.56 bits per heavy atom. The van der Waals surface area contributed by atoms with E-state index in [-0.39, 0.29) is 12.3 Å². The molecule has 6 heteroatoms. The van der Waals surface area contributed by atoms with Crippen LogP contribution in [0.3, 0.4) is 0 Å². The number of aromatic nitrogens is 1. The van der Waals surface area contributed by atoms with E-state index in [4.69, 9.17) is 5.73 Å². The molecule has 2 heterocycles. The molecule has 1 saturated heterocycles. The van der Waals surface area contributed by atoms with E-state index in [2.05, 4.69) is 20.9 Å². The second-order valence-electron chi connectivity index (χ2n) is 3.67. The first kappa shape index (κ1) is 11.1. The zero-order chi connectivity index (χ0) is 11.7. The lowest BCUT2D eigenvalue weighted by Crippen LogP contribution is -2.28. The van der Waals surface area contributed by atoms with Crippen LogP contribution in [0.15, 0.2) is 22.9 Å². The molecule has 0 aromatic carbocycles. The molecule has 1 fully saturated rings. The molecule has 0 bridgehead atoms. The van der Waals surface area contributed by atoms with Gasteiger partial charge in [-0.2, -0.15) is 0 Å². The Morgan fingerprint density at radius 2 is 2.31 bits per heavy atom. The van der Waals surface area contributed by atoms with Crippen LogP contribution < -0.4 is 10.6 Å². The second-order valence-corrected chi connectivity index (χ2v) is 4.58. The van der Waals surface area contributed by atoms with Gasteiger partial charge in [0.2, 0.25) is 11.8 Å². The maximum atomic E-state index is 11.7. The van der Waals surface area contributed by atoms with Crippen LogP contribution in [-0.2, 0) is 9.59 Å². The molecule has 84 valence electrons. The van der Waals surface area contributed by atoms with Gasteiger partial charge in [0.25, 0.3) is 0 Å². The van der Waals surface area contributed by atoms with E-state index in [0.29, 0.717) is 12.2 Å². The predicted octanol–water partition coefficient (Wildman–Crippen LogP) is 0.682. The molecule has 1 unspecified atom stereocenters. The van der Waals surface area contributed by atoms with Gasteiger partial charge in [0, 0.05) is 23.6 Å². The zero-order valence-electron chi connectivity index (χ0n) is 8.39. The van der Waals surface area contributed by atoms with Crippen molar-refractivity contribution < 1.29 is 9.59 Å². The molecule has 2 amide bonds. The standard InChI is InChI=1S/C10H10BrN3O2/c11-7-2-8(4-13-3-7)14-5-6(10(12)16)1-9(14)15/h2-4,6H,1,5H2,(H2,12,16). The molecule has 16 heavy (non-hydrogen) atoms. The molecular weight excluding hydrogens is 274 g/mol. The van der Waals surface area contributed by atoms with Gasteiger partial charge in [0.1, 0.15) is 0 Å². The Labute approximate surface area is 101 Å². The van der Waals surface area contributed by atoms with Crippen molar-refractivity contribution in [1.29, 1.82) is 0 Å². The number of rotatable bonds is 2. The van der Waals surface area contributed by atoms with E-state index in [1.807, 2.05) is 0 Å². The largest absolute Gasteiger partial charge is 0.369 e. The zero-order valence-corrected chi connectivity index (χ0v) is 9.98. The van der Waals surface area contributed by atoms with Crippen molar-refractivity contribution in [3.05, 3.63) is 22.9 Å². The van der Waals surface area contributed by atoms with E-state index in [1.54, 1.807) is 18.5 Å². The van der Waals surface area contributed by atoms with Crippen LogP contribution in [-0.4, -0.2) is 23.3 Å². The highest BCUT2D eigenvalue weighted by Gasteiger charge is 2.33. The van der Waals surface area contributed by atoms with Crippen LogP contribution in [0.5, 0.6) is 0 Å². The maximum Gasteiger partial charge on any atom is 0.227 e. The molecule has 1 aromatic heterocycles. The van der Waals surface area contributed by atoms with Crippen molar-refractivity contribution in [2.75, 3.05) is 11.4 Å². The number of primary amides is 1. The average Bonchev–Trinajstić information content (AvgIpc) is 2.60. The highest BCUT2D eigenvalue weighted by Crippen LogP contribution is 2.26. The number of hydrogen-bond acceptors (Lipinski definition) is 3. The Bertz CT molecular complexity index is 449. The number of carbonyl (C=O) groups excluding carboxylic acids is 2. The normalized spacial score (nSPS) is 20.2. The summed E-state index contributed by atoms with van der Waals surface area (Å²) >= 11 is 3.28. The van der Waals surface area contributed by atoms with Gasteiger partial charge in [-0.25, -0.2) is 0 Å². The summed E-state index contributed by atoms with van der Waals surface area (Å²) in [5.74, 6) is -0.922. The van der Waals surface area contributed by atoms with E-state index < -0.39 is 11.8 Å². The van der Waals surface area contributed by atoms with E-state index in [9.17, 15) is 9.59 Å². The van der Waals surface area contributed by atoms with E-state index in [0.717, 1.165) is 4.47 Å². The minimum atomic E-state index is -0.432. The van der Waals surface area contributed by atoms with Gasteiger partial charge >= 0.3 is 0 Å². The summed E-state index contributed by atoms with van der Waals surface area (Å²) < 4.78 is 0.792. The molecular formula is C10H10BrN3O2. The van der Waals surface area contributed by atoms with Gasteiger partial charge in [-0.3, -0.25) is 14.6 Å². The van der Waals surface area contributed by atoms with Crippen molar-refractivity contribution in [1.82, 2.24) is 4.98 Å². The molecule has 1 aromatic rings. The summed E-state index contributed by atoms with van der Waals surface area (Å²) in [6.45, 7) is 0.340. The van der Waals surface area contributed by atoms with E-state index in [1.165, 1.54) is 4.90 Å². The minimum Gasteiger partial charge on any atom is -0.369 e. The van der Waals surface area contributed by atoms with Gasteiger partial charge in [-0.1, -0.05) is 0 Å². The number of anilines is 1. The van der Waals surface area contributed by atoms with Crippen molar-refractivity contribution in [3.63, 3.8) is 0 Å². The number of halogens is 1. The summed E-state index contributed by atoms with van der Waals surface area (Å²) in [6, 6.07) is 1.79. The highest BCUT2D eigenvalue weighted by atomic mass is 79.9. The van der Waals surface area contributed by atoms with Gasteiger partial charge < -0.3 is 10.6 Å². The van der Waals surface area contributed by atoms with Crippen molar-refractivity contribution in [3.8, 4) is 0 Å². The molecule has 0 saturated carbocycles. The summed E-state index contributed by atoms with van der Waals surface area (Å²) in [5, 5.41) is 0. The molecule has 0 radical (unpaired) electrons. The first-order chi connectivity index (χ1) is 7.58.